The Bertz CT molecular complexity index is 525. The van der Waals surface area contributed by atoms with Gasteiger partial charge in [-0.1, -0.05) is 41.5 Å². The van der Waals surface area contributed by atoms with Crippen molar-refractivity contribution in [1.29, 1.82) is 0 Å². The Morgan fingerprint density at radius 1 is 0.741 bits per heavy atom. The van der Waals surface area contributed by atoms with Crippen LogP contribution in [0.15, 0.2) is 0 Å². The minimum atomic E-state index is -2.35. The van der Waals surface area contributed by atoms with Gasteiger partial charge >= 0.3 is 5.97 Å². The van der Waals surface area contributed by atoms with Gasteiger partial charge in [-0.3, -0.25) is 4.79 Å². The zero-order valence-corrected chi connectivity index (χ0v) is 21.4. The highest BCUT2D eigenvalue weighted by Gasteiger charge is 2.48. The van der Waals surface area contributed by atoms with Crippen molar-refractivity contribution < 1.29 is 27.9 Å². The SMILES string of the molecule is COC(CCC(=O)O[Si](C)(C)C(C)(C)C)(OC)C(=O)O[Si](C)(C)C(C)(C)C. The van der Waals surface area contributed by atoms with Crippen molar-refractivity contribution in [3.8, 4) is 0 Å². The van der Waals surface area contributed by atoms with Gasteiger partial charge in [-0.15, -0.1) is 0 Å². The third-order valence-electron chi connectivity index (χ3n) is 5.96. The fraction of sp³-hybridized carbons (Fsp3) is 0.895. The first-order chi connectivity index (χ1) is 11.9. The maximum atomic E-state index is 12.9. The van der Waals surface area contributed by atoms with E-state index in [9.17, 15) is 9.59 Å². The van der Waals surface area contributed by atoms with Crippen LogP contribution in [0.2, 0.25) is 36.3 Å². The van der Waals surface area contributed by atoms with E-state index in [1.807, 2.05) is 47.0 Å². The van der Waals surface area contributed by atoms with Crippen LogP contribution >= 0.6 is 0 Å². The minimum absolute atomic E-state index is 0.0147. The molecule has 0 aromatic rings. The lowest BCUT2D eigenvalue weighted by Gasteiger charge is -2.39. The molecule has 0 saturated carbocycles. The summed E-state index contributed by atoms with van der Waals surface area (Å²) in [6, 6.07) is 0. The quantitative estimate of drug-likeness (QED) is 0.413. The molecule has 0 fully saturated rings. The van der Waals surface area contributed by atoms with Crippen molar-refractivity contribution in [2.24, 2.45) is 0 Å². The number of hydrogen-bond donors (Lipinski definition) is 0. The topological polar surface area (TPSA) is 71.1 Å². The third kappa shape index (κ3) is 6.69. The van der Waals surface area contributed by atoms with Crippen molar-refractivity contribution in [2.75, 3.05) is 14.2 Å². The highest BCUT2D eigenvalue weighted by molar-refractivity contribution is 6.75. The van der Waals surface area contributed by atoms with Gasteiger partial charge in [-0.05, 0) is 36.3 Å². The van der Waals surface area contributed by atoms with Crippen molar-refractivity contribution in [1.82, 2.24) is 0 Å². The molecule has 0 bridgehead atoms. The Morgan fingerprint density at radius 3 is 1.44 bits per heavy atom. The van der Waals surface area contributed by atoms with Crippen LogP contribution in [-0.4, -0.2) is 48.6 Å². The molecular weight excluding hydrogens is 380 g/mol. The normalized spacial score (nSPS) is 14.1. The second-order valence-electron chi connectivity index (χ2n) is 10.0. The van der Waals surface area contributed by atoms with Gasteiger partial charge in [0.15, 0.2) is 0 Å². The fourth-order valence-corrected chi connectivity index (χ4v) is 3.68. The van der Waals surface area contributed by atoms with Gasteiger partial charge in [-0.25, -0.2) is 4.79 Å². The van der Waals surface area contributed by atoms with Gasteiger partial charge in [0.05, 0.1) is 0 Å². The molecule has 0 spiro atoms. The molecule has 6 nitrogen and oxygen atoms in total. The molecular formula is C19H40O6Si2. The predicted octanol–water partition coefficient (Wildman–Crippen LogP) is 4.85. The molecule has 0 aromatic heterocycles. The Balaban J connectivity index is 5.23. The maximum Gasteiger partial charge on any atom is 0.353 e. The molecule has 0 heterocycles. The van der Waals surface area contributed by atoms with Gasteiger partial charge in [0, 0.05) is 27.1 Å². The van der Waals surface area contributed by atoms with E-state index in [4.69, 9.17) is 18.3 Å². The average molecular weight is 421 g/mol. The Hall–Kier alpha value is -0.706. The van der Waals surface area contributed by atoms with Crippen LogP contribution in [0.5, 0.6) is 0 Å². The zero-order chi connectivity index (χ0) is 21.9. The van der Waals surface area contributed by atoms with Gasteiger partial charge in [-0.2, -0.15) is 0 Å². The van der Waals surface area contributed by atoms with Crippen molar-refractivity contribution in [3.05, 3.63) is 0 Å². The average Bonchev–Trinajstić information content (AvgIpc) is 2.45. The lowest BCUT2D eigenvalue weighted by Crippen LogP contribution is -2.52. The van der Waals surface area contributed by atoms with Crippen LogP contribution < -0.4 is 0 Å². The molecule has 0 rings (SSSR count). The Kier molecular flexibility index (Phi) is 8.53. The smallest absolute Gasteiger partial charge is 0.353 e. The molecule has 0 unspecified atom stereocenters. The van der Waals surface area contributed by atoms with E-state index in [0.717, 1.165) is 0 Å². The first-order valence-electron chi connectivity index (χ1n) is 9.41. The molecule has 160 valence electrons. The third-order valence-corrected chi connectivity index (χ3v) is 14.6. The van der Waals surface area contributed by atoms with Crippen LogP contribution in [-0.2, 0) is 27.9 Å². The fourth-order valence-electron chi connectivity index (χ4n) is 1.77. The molecule has 0 aliphatic rings. The van der Waals surface area contributed by atoms with Crippen LogP contribution in [0.4, 0.5) is 0 Å². The monoisotopic (exact) mass is 420 g/mol. The predicted molar refractivity (Wildman–Crippen MR) is 113 cm³/mol. The van der Waals surface area contributed by atoms with Crippen molar-refractivity contribution >= 4 is 28.6 Å². The van der Waals surface area contributed by atoms with Crippen molar-refractivity contribution in [3.63, 3.8) is 0 Å². The highest BCUT2D eigenvalue weighted by Crippen LogP contribution is 2.39. The lowest BCUT2D eigenvalue weighted by molar-refractivity contribution is -0.226. The summed E-state index contributed by atoms with van der Waals surface area (Å²) < 4.78 is 22.4. The molecule has 0 saturated heterocycles. The molecule has 0 aliphatic heterocycles. The summed E-state index contributed by atoms with van der Waals surface area (Å²) in [6.07, 6.45) is 0.0572. The number of rotatable bonds is 8. The van der Waals surface area contributed by atoms with E-state index in [0.29, 0.717) is 0 Å². The molecule has 0 aromatic carbocycles. The Labute approximate surface area is 167 Å². The van der Waals surface area contributed by atoms with Gasteiger partial charge < -0.3 is 18.3 Å². The number of hydrogen-bond acceptors (Lipinski definition) is 6. The van der Waals surface area contributed by atoms with Crippen LogP contribution in [0.25, 0.3) is 0 Å². The van der Waals surface area contributed by atoms with E-state index in [1.54, 1.807) is 0 Å². The first-order valence-corrected chi connectivity index (χ1v) is 15.2. The minimum Gasteiger partial charge on any atom is -0.519 e. The number of carbonyl (C=O) groups is 2. The molecule has 0 N–H and O–H groups in total. The molecule has 0 aliphatic carbocycles. The number of methoxy groups -OCH3 is 2. The van der Waals surface area contributed by atoms with Gasteiger partial charge in [0.25, 0.3) is 28.4 Å². The molecule has 0 amide bonds. The summed E-state index contributed by atoms with van der Waals surface area (Å²) in [5.74, 6) is -2.54. The summed E-state index contributed by atoms with van der Waals surface area (Å²) in [5, 5.41) is -0.222. The maximum absolute atomic E-state index is 12.9. The van der Waals surface area contributed by atoms with Crippen LogP contribution in [0, 0.1) is 0 Å². The van der Waals surface area contributed by atoms with E-state index < -0.39 is 28.4 Å². The summed E-state index contributed by atoms with van der Waals surface area (Å²) >= 11 is 0. The van der Waals surface area contributed by atoms with Crippen LogP contribution in [0.3, 0.4) is 0 Å². The summed E-state index contributed by atoms with van der Waals surface area (Å²) in [7, 11) is -1.79. The van der Waals surface area contributed by atoms with Crippen LogP contribution in [0.1, 0.15) is 54.4 Å². The summed E-state index contributed by atoms with van der Waals surface area (Å²) in [4.78, 5) is 25.3. The second-order valence-corrected chi connectivity index (χ2v) is 19.5. The second kappa shape index (κ2) is 8.75. The lowest BCUT2D eigenvalue weighted by atomic mass is 10.1. The first kappa shape index (κ1) is 26.3. The largest absolute Gasteiger partial charge is 0.519 e. The van der Waals surface area contributed by atoms with E-state index in [-0.39, 0.29) is 28.9 Å². The van der Waals surface area contributed by atoms with Gasteiger partial charge in [0.2, 0.25) is 0 Å². The highest BCUT2D eigenvalue weighted by atomic mass is 28.4. The summed E-state index contributed by atoms with van der Waals surface area (Å²) in [6.45, 7) is 20.3. The van der Waals surface area contributed by atoms with Gasteiger partial charge in [0.1, 0.15) is 0 Å². The standard InChI is InChI=1S/C19H40O6Si2/c1-17(2,3)26(9,10)24-15(20)13-14-19(22-7,23-8)16(21)25-27(11,12)18(4,5)6/h13-14H2,1-12H3. The Morgan fingerprint density at radius 2 is 1.11 bits per heavy atom. The van der Waals surface area contributed by atoms with E-state index >= 15 is 0 Å². The molecule has 8 heteroatoms. The summed E-state index contributed by atoms with van der Waals surface area (Å²) in [5.41, 5.74) is 0. The van der Waals surface area contributed by atoms with E-state index in [1.165, 1.54) is 14.2 Å². The number of ether oxygens (including phenoxy) is 2. The zero-order valence-electron chi connectivity index (χ0n) is 19.4. The number of carbonyl (C=O) groups excluding carboxylic acids is 2. The molecule has 27 heavy (non-hydrogen) atoms. The van der Waals surface area contributed by atoms with E-state index in [2.05, 4.69) is 20.8 Å². The molecule has 0 atom stereocenters. The molecule has 0 radical (unpaired) electrons. The van der Waals surface area contributed by atoms with Crippen molar-refractivity contribution in [2.45, 2.75) is 96.4 Å².